The molecule has 2 rings (SSSR count). The van der Waals surface area contributed by atoms with Crippen LogP contribution in [0.3, 0.4) is 0 Å². The minimum Gasteiger partial charge on any atom is -0.494 e. The van der Waals surface area contributed by atoms with Crippen LogP contribution in [0, 0.1) is 5.41 Å². The Labute approximate surface area is 110 Å². The molecule has 1 fully saturated rings. The molecule has 0 N–H and O–H groups in total. The van der Waals surface area contributed by atoms with Gasteiger partial charge >= 0.3 is 0 Å². The Morgan fingerprint density at radius 1 is 1.25 bits per heavy atom. The van der Waals surface area contributed by atoms with Gasteiger partial charge < -0.3 is 4.74 Å². The van der Waals surface area contributed by atoms with Crippen molar-refractivity contribution >= 4 is 27.5 Å². The van der Waals surface area contributed by atoms with Crippen LogP contribution in [0.15, 0.2) is 28.7 Å². The van der Waals surface area contributed by atoms with Gasteiger partial charge in [-0.25, -0.2) is 0 Å². The molecular formula is C13H16BrClO. The van der Waals surface area contributed by atoms with Crippen LogP contribution >= 0.6 is 27.5 Å². The number of rotatable bonds is 5. The summed E-state index contributed by atoms with van der Waals surface area (Å²) in [6.45, 7) is 0.772. The highest BCUT2D eigenvalue weighted by Crippen LogP contribution is 2.44. The number of alkyl halides is 1. The maximum Gasteiger partial charge on any atom is 0.119 e. The fourth-order valence-corrected chi connectivity index (χ4v) is 2.71. The molecule has 0 aliphatic heterocycles. The summed E-state index contributed by atoms with van der Waals surface area (Å²) < 4.78 is 6.79. The number of ether oxygens (including phenoxy) is 1. The van der Waals surface area contributed by atoms with Gasteiger partial charge in [0.2, 0.25) is 0 Å². The molecule has 0 heterocycles. The molecule has 0 spiro atoms. The first-order chi connectivity index (χ1) is 7.74. The van der Waals surface area contributed by atoms with Gasteiger partial charge in [-0.1, -0.05) is 22.4 Å². The molecule has 1 saturated carbocycles. The number of benzene rings is 1. The van der Waals surface area contributed by atoms with Crippen molar-refractivity contribution in [1.29, 1.82) is 0 Å². The van der Waals surface area contributed by atoms with Crippen molar-refractivity contribution in [2.45, 2.75) is 25.7 Å². The average Bonchev–Trinajstić information content (AvgIpc) is 2.25. The van der Waals surface area contributed by atoms with E-state index in [-0.39, 0.29) is 0 Å². The number of hydrogen-bond donors (Lipinski definition) is 0. The van der Waals surface area contributed by atoms with E-state index in [0.717, 1.165) is 29.1 Å². The minimum absolute atomic E-state index is 0.372. The second-order valence-corrected chi connectivity index (χ2v) is 5.72. The van der Waals surface area contributed by atoms with Gasteiger partial charge in [0.25, 0.3) is 0 Å². The highest BCUT2D eigenvalue weighted by atomic mass is 79.9. The Kier molecular flexibility index (Phi) is 4.15. The van der Waals surface area contributed by atoms with Crippen LogP contribution < -0.4 is 4.74 Å². The maximum absolute atomic E-state index is 6.00. The summed E-state index contributed by atoms with van der Waals surface area (Å²) >= 11 is 9.40. The molecule has 0 radical (unpaired) electrons. The van der Waals surface area contributed by atoms with E-state index in [9.17, 15) is 0 Å². The Hall–Kier alpha value is -0.210. The third-order valence-electron chi connectivity index (χ3n) is 3.41. The molecular weight excluding hydrogens is 287 g/mol. The van der Waals surface area contributed by atoms with E-state index in [1.807, 2.05) is 24.3 Å². The predicted octanol–water partition coefficient (Wildman–Crippen LogP) is 4.63. The number of halogens is 2. The summed E-state index contributed by atoms with van der Waals surface area (Å²) in [4.78, 5) is 0. The van der Waals surface area contributed by atoms with Crippen molar-refractivity contribution in [3.8, 4) is 5.75 Å². The molecule has 0 bridgehead atoms. The van der Waals surface area contributed by atoms with E-state index in [2.05, 4.69) is 15.9 Å². The molecule has 0 saturated heterocycles. The second kappa shape index (κ2) is 5.42. The lowest BCUT2D eigenvalue weighted by molar-refractivity contribution is 0.120. The molecule has 0 aromatic heterocycles. The Balaban J connectivity index is 1.77. The van der Waals surface area contributed by atoms with Crippen LogP contribution in [0.1, 0.15) is 25.7 Å². The lowest BCUT2D eigenvalue weighted by atomic mass is 9.68. The van der Waals surface area contributed by atoms with E-state index in [0.29, 0.717) is 5.41 Å². The number of hydrogen-bond acceptors (Lipinski definition) is 1. The fraction of sp³-hybridized carbons (Fsp3) is 0.538. The molecule has 1 aliphatic carbocycles. The van der Waals surface area contributed by atoms with Crippen molar-refractivity contribution in [2.24, 2.45) is 5.41 Å². The third-order valence-corrected chi connectivity index (χ3v) is 4.51. The average molecular weight is 304 g/mol. The normalized spacial score (nSPS) is 17.9. The smallest absolute Gasteiger partial charge is 0.119 e. The monoisotopic (exact) mass is 302 g/mol. The molecule has 1 aromatic rings. The van der Waals surface area contributed by atoms with Crippen LogP contribution in [0.2, 0.25) is 0 Å². The summed E-state index contributed by atoms with van der Waals surface area (Å²) in [5, 5.41) is 0. The van der Waals surface area contributed by atoms with E-state index in [1.54, 1.807) is 0 Å². The van der Waals surface area contributed by atoms with Crippen LogP contribution in [-0.4, -0.2) is 12.5 Å². The van der Waals surface area contributed by atoms with Crippen molar-refractivity contribution < 1.29 is 4.74 Å². The van der Waals surface area contributed by atoms with Gasteiger partial charge in [0.1, 0.15) is 5.75 Å². The molecule has 1 aliphatic rings. The lowest BCUT2D eigenvalue weighted by Gasteiger charge is -2.40. The zero-order chi connectivity index (χ0) is 11.4. The Bertz CT molecular complexity index is 327. The summed E-state index contributed by atoms with van der Waals surface area (Å²) in [6.07, 6.45) is 4.93. The lowest BCUT2D eigenvalue weighted by Crippen LogP contribution is -2.32. The van der Waals surface area contributed by atoms with Crippen LogP contribution in [-0.2, 0) is 0 Å². The van der Waals surface area contributed by atoms with E-state index in [1.165, 1.54) is 19.3 Å². The van der Waals surface area contributed by atoms with E-state index < -0.39 is 0 Å². The standard InChI is InChI=1S/C13H16BrClO/c14-11-2-4-12(5-3-11)16-9-8-13(10-15)6-1-7-13/h2-5H,1,6-10H2. The van der Waals surface area contributed by atoms with Crippen molar-refractivity contribution in [3.63, 3.8) is 0 Å². The molecule has 0 amide bonds. The summed E-state index contributed by atoms with van der Waals surface area (Å²) in [6, 6.07) is 7.96. The molecule has 0 unspecified atom stereocenters. The molecule has 1 aromatic carbocycles. The molecule has 16 heavy (non-hydrogen) atoms. The van der Waals surface area contributed by atoms with Crippen molar-refractivity contribution in [3.05, 3.63) is 28.7 Å². The van der Waals surface area contributed by atoms with E-state index >= 15 is 0 Å². The summed E-state index contributed by atoms with van der Waals surface area (Å²) in [7, 11) is 0. The quantitative estimate of drug-likeness (QED) is 0.721. The largest absolute Gasteiger partial charge is 0.494 e. The van der Waals surface area contributed by atoms with Gasteiger partial charge in [0, 0.05) is 10.4 Å². The molecule has 88 valence electrons. The fourth-order valence-electron chi connectivity index (χ4n) is 2.04. The summed E-state index contributed by atoms with van der Waals surface area (Å²) in [5.74, 6) is 1.71. The van der Waals surface area contributed by atoms with Crippen molar-refractivity contribution in [2.75, 3.05) is 12.5 Å². The first-order valence-corrected chi connectivity index (χ1v) is 7.01. The summed E-state index contributed by atoms with van der Waals surface area (Å²) in [5.41, 5.74) is 0.372. The molecule has 3 heteroatoms. The highest BCUT2D eigenvalue weighted by Gasteiger charge is 2.35. The van der Waals surface area contributed by atoms with Gasteiger partial charge in [0.15, 0.2) is 0 Å². The highest BCUT2D eigenvalue weighted by molar-refractivity contribution is 9.10. The SMILES string of the molecule is ClCC1(CCOc2ccc(Br)cc2)CCC1. The van der Waals surface area contributed by atoms with Gasteiger partial charge in [-0.3, -0.25) is 0 Å². The van der Waals surface area contributed by atoms with Crippen LogP contribution in [0.4, 0.5) is 0 Å². The zero-order valence-electron chi connectivity index (χ0n) is 9.22. The maximum atomic E-state index is 6.00. The van der Waals surface area contributed by atoms with Gasteiger partial charge in [0.05, 0.1) is 6.61 Å². The zero-order valence-corrected chi connectivity index (χ0v) is 11.6. The Morgan fingerprint density at radius 3 is 2.44 bits per heavy atom. The third kappa shape index (κ3) is 2.92. The predicted molar refractivity (Wildman–Crippen MR) is 71.3 cm³/mol. The van der Waals surface area contributed by atoms with E-state index in [4.69, 9.17) is 16.3 Å². The van der Waals surface area contributed by atoms with Crippen LogP contribution in [0.25, 0.3) is 0 Å². The first kappa shape index (κ1) is 12.3. The molecule has 1 nitrogen and oxygen atoms in total. The topological polar surface area (TPSA) is 9.23 Å². The minimum atomic E-state index is 0.372. The second-order valence-electron chi connectivity index (χ2n) is 4.54. The van der Waals surface area contributed by atoms with Gasteiger partial charge in [-0.15, -0.1) is 11.6 Å². The molecule has 0 atom stereocenters. The van der Waals surface area contributed by atoms with Crippen molar-refractivity contribution in [1.82, 2.24) is 0 Å². The van der Waals surface area contributed by atoms with Gasteiger partial charge in [-0.05, 0) is 48.9 Å². The van der Waals surface area contributed by atoms with Gasteiger partial charge in [-0.2, -0.15) is 0 Å². The Morgan fingerprint density at radius 2 is 1.94 bits per heavy atom. The van der Waals surface area contributed by atoms with Crippen LogP contribution in [0.5, 0.6) is 5.75 Å². The first-order valence-electron chi connectivity index (χ1n) is 5.68.